The number of aromatic amines is 1. The third kappa shape index (κ3) is 4.42. The number of benzene rings is 1. The summed E-state index contributed by atoms with van der Waals surface area (Å²) in [6.45, 7) is 4.38. The van der Waals surface area contributed by atoms with Crippen molar-refractivity contribution >= 4 is 11.8 Å². The minimum atomic E-state index is -0.401. The Morgan fingerprint density at radius 2 is 1.97 bits per heavy atom. The number of piperidine rings is 1. The van der Waals surface area contributed by atoms with Crippen LogP contribution in [-0.2, 0) is 30.6 Å². The number of aromatic nitrogens is 2. The van der Waals surface area contributed by atoms with Gasteiger partial charge in [0, 0.05) is 35.6 Å². The van der Waals surface area contributed by atoms with Gasteiger partial charge in [-0.25, -0.2) is 0 Å². The lowest BCUT2D eigenvalue weighted by atomic mass is 9.79. The van der Waals surface area contributed by atoms with Gasteiger partial charge in [0.15, 0.2) is 0 Å². The molecule has 2 aliphatic heterocycles. The molecular formula is C28H35N5O2. The van der Waals surface area contributed by atoms with Gasteiger partial charge >= 0.3 is 0 Å². The van der Waals surface area contributed by atoms with Gasteiger partial charge in [-0.15, -0.1) is 0 Å². The van der Waals surface area contributed by atoms with Crippen LogP contribution in [0.15, 0.2) is 36.7 Å². The maximum absolute atomic E-state index is 13.1. The van der Waals surface area contributed by atoms with Gasteiger partial charge in [-0.05, 0) is 80.0 Å². The van der Waals surface area contributed by atoms with Crippen LogP contribution in [-0.4, -0.2) is 45.0 Å². The van der Waals surface area contributed by atoms with Crippen LogP contribution in [0.25, 0.3) is 0 Å². The molecule has 1 aromatic carbocycles. The highest BCUT2D eigenvalue weighted by Crippen LogP contribution is 2.33. The van der Waals surface area contributed by atoms with E-state index in [4.69, 9.17) is 0 Å². The van der Waals surface area contributed by atoms with Gasteiger partial charge in [0.1, 0.15) is 6.04 Å². The van der Waals surface area contributed by atoms with E-state index in [1.807, 2.05) is 12.3 Å². The number of nitrogens with one attached hydrogen (secondary N) is 3. The van der Waals surface area contributed by atoms with E-state index in [9.17, 15) is 9.59 Å². The zero-order valence-electron chi connectivity index (χ0n) is 20.3. The molecule has 0 bridgehead atoms. The van der Waals surface area contributed by atoms with E-state index >= 15 is 0 Å². The Bertz CT molecular complexity index is 1150. The topological polar surface area (TPSA) is 90.1 Å². The lowest BCUT2D eigenvalue weighted by Crippen LogP contribution is -2.49. The maximum atomic E-state index is 13.1. The number of carbonyl (C=O) groups is 2. The molecule has 6 rings (SSSR count). The minimum absolute atomic E-state index is 0.0210. The number of hydrogen-bond acceptors (Lipinski definition) is 4. The van der Waals surface area contributed by atoms with Crippen molar-refractivity contribution in [3.63, 3.8) is 0 Å². The number of nitrogens with zero attached hydrogens (tertiary/aromatic N) is 2. The monoisotopic (exact) mass is 473 g/mol. The average Bonchev–Trinajstić information content (AvgIpc) is 3.44. The summed E-state index contributed by atoms with van der Waals surface area (Å²) >= 11 is 0. The number of hydrogen-bond donors (Lipinski definition) is 3. The number of aryl methyl sites for hydroxylation is 1. The number of amides is 2. The normalized spacial score (nSPS) is 28.6. The SMILES string of the molecule is C=C1CCC(N2Cc3cc(C[C@H]4CCCC[C@@H]4NC4CCc5[nH]ncc5C4)ccc3C2=O)C(=O)N1. The molecule has 7 heteroatoms. The Morgan fingerprint density at radius 1 is 1.09 bits per heavy atom. The lowest BCUT2D eigenvalue weighted by molar-refractivity contribution is -0.126. The smallest absolute Gasteiger partial charge is 0.255 e. The third-order valence-corrected chi connectivity index (χ3v) is 8.57. The van der Waals surface area contributed by atoms with Gasteiger partial charge in [0.25, 0.3) is 5.91 Å². The largest absolute Gasteiger partial charge is 0.329 e. The molecular weight excluding hydrogens is 438 g/mol. The average molecular weight is 474 g/mol. The number of carbonyl (C=O) groups excluding carboxylic acids is 2. The highest BCUT2D eigenvalue weighted by Gasteiger charge is 2.38. The van der Waals surface area contributed by atoms with Crippen molar-refractivity contribution in [3.05, 3.63) is 64.6 Å². The summed E-state index contributed by atoms with van der Waals surface area (Å²) in [5.74, 6) is 0.479. The molecule has 0 radical (unpaired) electrons. The summed E-state index contributed by atoms with van der Waals surface area (Å²) in [6, 6.07) is 6.99. The van der Waals surface area contributed by atoms with Gasteiger partial charge < -0.3 is 15.5 Å². The molecule has 3 heterocycles. The molecule has 2 fully saturated rings. The fourth-order valence-electron chi connectivity index (χ4n) is 6.67. The maximum Gasteiger partial charge on any atom is 0.255 e. The Kier molecular flexibility index (Phi) is 5.96. The van der Waals surface area contributed by atoms with Gasteiger partial charge in [0.05, 0.1) is 6.20 Å². The molecule has 2 amide bonds. The van der Waals surface area contributed by atoms with Crippen LogP contribution < -0.4 is 10.6 Å². The highest BCUT2D eigenvalue weighted by atomic mass is 16.2. The number of allylic oxidation sites excluding steroid dienone is 1. The molecule has 0 spiro atoms. The van der Waals surface area contributed by atoms with Crippen molar-refractivity contribution in [1.29, 1.82) is 0 Å². The van der Waals surface area contributed by atoms with E-state index in [1.54, 1.807) is 4.90 Å². The fourth-order valence-corrected chi connectivity index (χ4v) is 6.67. The Morgan fingerprint density at radius 3 is 2.86 bits per heavy atom. The quantitative estimate of drug-likeness (QED) is 0.621. The summed E-state index contributed by atoms with van der Waals surface area (Å²) in [4.78, 5) is 27.3. The number of rotatable bonds is 5. The predicted octanol–water partition coefficient (Wildman–Crippen LogP) is 3.41. The summed E-state index contributed by atoms with van der Waals surface area (Å²) in [6.07, 6.45) is 12.8. The van der Waals surface area contributed by atoms with Crippen LogP contribution in [0.1, 0.15) is 77.7 Å². The molecule has 3 N–H and O–H groups in total. The van der Waals surface area contributed by atoms with Crippen molar-refractivity contribution in [2.45, 2.75) is 88.9 Å². The standard InChI is InChI=1S/C28H35N5O2/c1-17-6-11-26(27(34)30-17)33-16-21-13-18(7-9-23(21)28(33)35)12-19-4-2-3-5-24(19)31-22-8-10-25-20(14-22)15-29-32-25/h7,9,13,15,19,22,24,26,31H,1-6,8,10-12,14,16H2,(H,29,32)(H,30,34)/t19-,22?,24+,26?/m1/s1. The highest BCUT2D eigenvalue weighted by molar-refractivity contribution is 6.01. The van der Waals surface area contributed by atoms with Crippen LogP contribution in [0, 0.1) is 5.92 Å². The van der Waals surface area contributed by atoms with E-state index in [1.165, 1.54) is 42.5 Å². The first-order chi connectivity index (χ1) is 17.0. The molecule has 2 unspecified atom stereocenters. The zero-order chi connectivity index (χ0) is 23.9. The Labute approximate surface area is 206 Å². The van der Waals surface area contributed by atoms with Gasteiger partial charge in [-0.1, -0.05) is 31.6 Å². The molecule has 7 nitrogen and oxygen atoms in total. The molecule has 184 valence electrons. The van der Waals surface area contributed by atoms with Crippen LogP contribution in [0.5, 0.6) is 0 Å². The van der Waals surface area contributed by atoms with Crippen molar-refractivity contribution in [2.24, 2.45) is 5.92 Å². The number of H-pyrrole nitrogens is 1. The van der Waals surface area contributed by atoms with E-state index in [0.29, 0.717) is 31.0 Å². The molecule has 1 saturated heterocycles. The summed E-state index contributed by atoms with van der Waals surface area (Å²) < 4.78 is 0. The van der Waals surface area contributed by atoms with E-state index in [0.717, 1.165) is 48.9 Å². The fraction of sp³-hybridized carbons (Fsp3) is 0.536. The van der Waals surface area contributed by atoms with E-state index < -0.39 is 6.04 Å². The number of fused-ring (bicyclic) bond motifs is 2. The minimum Gasteiger partial charge on any atom is -0.329 e. The molecule has 4 aliphatic rings. The molecule has 1 aromatic heterocycles. The van der Waals surface area contributed by atoms with Crippen molar-refractivity contribution in [2.75, 3.05) is 0 Å². The van der Waals surface area contributed by atoms with Crippen LogP contribution >= 0.6 is 0 Å². The van der Waals surface area contributed by atoms with Crippen molar-refractivity contribution in [3.8, 4) is 0 Å². The van der Waals surface area contributed by atoms with Crippen molar-refractivity contribution < 1.29 is 9.59 Å². The van der Waals surface area contributed by atoms with Crippen LogP contribution in [0.2, 0.25) is 0 Å². The van der Waals surface area contributed by atoms with Gasteiger partial charge in [0.2, 0.25) is 5.91 Å². The van der Waals surface area contributed by atoms with Crippen molar-refractivity contribution in [1.82, 2.24) is 25.7 Å². The first-order valence-corrected chi connectivity index (χ1v) is 13.2. The molecule has 1 saturated carbocycles. The lowest BCUT2D eigenvalue weighted by Gasteiger charge is -2.36. The Hall–Kier alpha value is -2.93. The molecule has 2 aromatic rings. The van der Waals surface area contributed by atoms with Gasteiger partial charge in [-0.2, -0.15) is 5.10 Å². The first-order valence-electron chi connectivity index (χ1n) is 13.2. The third-order valence-electron chi connectivity index (χ3n) is 8.57. The Balaban J connectivity index is 1.12. The van der Waals surface area contributed by atoms with Gasteiger partial charge in [-0.3, -0.25) is 14.7 Å². The van der Waals surface area contributed by atoms with E-state index in [2.05, 4.69) is 39.5 Å². The van der Waals surface area contributed by atoms with Crippen LogP contribution in [0.4, 0.5) is 0 Å². The van der Waals surface area contributed by atoms with Crippen LogP contribution in [0.3, 0.4) is 0 Å². The summed E-state index contributed by atoms with van der Waals surface area (Å²) in [5, 5.41) is 14.2. The van der Waals surface area contributed by atoms with E-state index in [-0.39, 0.29) is 11.8 Å². The second kappa shape index (κ2) is 9.26. The zero-order valence-corrected chi connectivity index (χ0v) is 20.3. The predicted molar refractivity (Wildman–Crippen MR) is 134 cm³/mol. The summed E-state index contributed by atoms with van der Waals surface area (Å²) in [5.41, 5.74) is 6.53. The second-order valence-corrected chi connectivity index (χ2v) is 10.9. The summed E-state index contributed by atoms with van der Waals surface area (Å²) in [7, 11) is 0. The molecule has 35 heavy (non-hydrogen) atoms. The molecule has 2 aliphatic carbocycles. The first kappa shape index (κ1) is 22.5. The second-order valence-electron chi connectivity index (χ2n) is 10.9. The molecule has 4 atom stereocenters.